The van der Waals surface area contributed by atoms with Gasteiger partial charge in [-0.15, -0.1) is 11.6 Å². The van der Waals surface area contributed by atoms with Crippen molar-refractivity contribution in [1.29, 1.82) is 0 Å². The van der Waals surface area contributed by atoms with Gasteiger partial charge in [-0.25, -0.2) is 21.6 Å². The molecule has 0 spiro atoms. The first kappa shape index (κ1) is 16.2. The van der Waals surface area contributed by atoms with Crippen molar-refractivity contribution in [2.75, 3.05) is 17.2 Å². The highest BCUT2D eigenvalue weighted by atomic mass is 35.5. The summed E-state index contributed by atoms with van der Waals surface area (Å²) in [5.74, 6) is 0.726. The summed E-state index contributed by atoms with van der Waals surface area (Å²) >= 11 is 5.89. The summed E-state index contributed by atoms with van der Waals surface area (Å²) in [6, 6.07) is 0. The summed E-state index contributed by atoms with van der Waals surface area (Å²) in [5, 5.41) is -0.881. The summed E-state index contributed by atoms with van der Waals surface area (Å²) in [4.78, 5) is 0. The van der Waals surface area contributed by atoms with Gasteiger partial charge in [0.05, 0.1) is 0 Å². The van der Waals surface area contributed by atoms with Gasteiger partial charge in [0.25, 0.3) is 0 Å². The maximum Gasteiger partial charge on any atom is 0.226 e. The Morgan fingerprint density at radius 3 is 2.11 bits per heavy atom. The lowest BCUT2D eigenvalue weighted by molar-refractivity contribution is 0.247. The Balaban J connectivity index is 2.80. The van der Waals surface area contributed by atoms with Gasteiger partial charge in [0, 0.05) is 17.7 Å². The normalized spacial score (nSPS) is 30.3. The molecule has 1 aliphatic carbocycles. The molecule has 18 heavy (non-hydrogen) atoms. The number of sulfone groups is 1. The minimum absolute atomic E-state index is 0.169. The second-order valence-corrected chi connectivity index (χ2v) is 9.85. The third-order valence-corrected chi connectivity index (χ3v) is 7.44. The highest BCUT2D eigenvalue weighted by molar-refractivity contribution is 8.06. The van der Waals surface area contributed by atoms with E-state index >= 15 is 0 Å². The molecular formula is C10H20ClNO4S2. The minimum atomic E-state index is -3.85. The standard InChI is InChI=1S/C10H20ClNO4S2/c1-9-3-5-10(7-11,6-4-9)12-18(15,16)8-17(2,13)14/h9,12H,3-8H2,1-2H3. The zero-order valence-electron chi connectivity index (χ0n) is 10.6. The molecule has 1 N–H and O–H groups in total. The Bertz CT molecular complexity index is 478. The molecule has 0 aromatic rings. The van der Waals surface area contributed by atoms with Crippen molar-refractivity contribution >= 4 is 31.5 Å². The third kappa shape index (κ3) is 5.03. The number of sulfonamides is 1. The van der Waals surface area contributed by atoms with Crippen molar-refractivity contribution in [2.45, 2.75) is 38.1 Å². The molecule has 0 atom stereocenters. The number of rotatable bonds is 5. The second kappa shape index (κ2) is 5.64. The Morgan fingerprint density at radius 2 is 1.72 bits per heavy atom. The number of alkyl halides is 1. The smallest absolute Gasteiger partial charge is 0.226 e. The van der Waals surface area contributed by atoms with E-state index in [0.717, 1.165) is 19.1 Å². The molecule has 0 aromatic heterocycles. The van der Waals surface area contributed by atoms with E-state index in [-0.39, 0.29) is 5.88 Å². The van der Waals surface area contributed by atoms with E-state index in [0.29, 0.717) is 18.8 Å². The molecule has 0 bridgehead atoms. The van der Waals surface area contributed by atoms with Crippen LogP contribution in [0.1, 0.15) is 32.6 Å². The van der Waals surface area contributed by atoms with Gasteiger partial charge in [0.2, 0.25) is 10.0 Å². The van der Waals surface area contributed by atoms with Crippen molar-refractivity contribution in [3.05, 3.63) is 0 Å². The first-order chi connectivity index (χ1) is 8.08. The number of halogens is 1. The molecule has 1 saturated carbocycles. The van der Waals surface area contributed by atoms with Crippen LogP contribution in [0.15, 0.2) is 0 Å². The van der Waals surface area contributed by atoms with E-state index in [4.69, 9.17) is 11.6 Å². The van der Waals surface area contributed by atoms with Crippen LogP contribution >= 0.6 is 11.6 Å². The molecule has 0 unspecified atom stereocenters. The topological polar surface area (TPSA) is 80.3 Å². The Hall–Kier alpha value is 0.150. The summed E-state index contributed by atoms with van der Waals surface area (Å²) in [7, 11) is -7.42. The van der Waals surface area contributed by atoms with Crippen LogP contribution < -0.4 is 4.72 Å². The van der Waals surface area contributed by atoms with E-state index in [1.807, 2.05) is 0 Å². The van der Waals surface area contributed by atoms with Crippen LogP contribution in [0.2, 0.25) is 0 Å². The molecule has 0 radical (unpaired) electrons. The molecule has 108 valence electrons. The lowest BCUT2D eigenvalue weighted by atomic mass is 9.79. The van der Waals surface area contributed by atoms with Crippen LogP contribution in [0.4, 0.5) is 0 Å². The van der Waals surface area contributed by atoms with Gasteiger partial charge < -0.3 is 0 Å². The fourth-order valence-electron chi connectivity index (χ4n) is 2.22. The molecule has 1 fully saturated rings. The van der Waals surface area contributed by atoms with Crippen LogP contribution in [0.25, 0.3) is 0 Å². The molecule has 5 nitrogen and oxygen atoms in total. The van der Waals surface area contributed by atoms with Crippen molar-refractivity contribution in [3.8, 4) is 0 Å². The molecule has 0 aromatic carbocycles. The van der Waals surface area contributed by atoms with E-state index in [9.17, 15) is 16.8 Å². The summed E-state index contributed by atoms with van der Waals surface area (Å²) in [6.07, 6.45) is 4.01. The van der Waals surface area contributed by atoms with E-state index in [1.54, 1.807) is 0 Å². The maximum absolute atomic E-state index is 11.8. The van der Waals surface area contributed by atoms with Gasteiger partial charge >= 0.3 is 0 Å². The zero-order valence-corrected chi connectivity index (χ0v) is 13.0. The molecule has 0 heterocycles. The van der Waals surface area contributed by atoms with Crippen molar-refractivity contribution in [1.82, 2.24) is 4.72 Å². The van der Waals surface area contributed by atoms with Gasteiger partial charge in [-0.2, -0.15) is 0 Å². The largest absolute Gasteiger partial charge is 0.228 e. The third-order valence-electron chi connectivity index (χ3n) is 3.23. The molecule has 1 aliphatic rings. The van der Waals surface area contributed by atoms with Gasteiger partial charge in [-0.05, 0) is 31.6 Å². The van der Waals surface area contributed by atoms with E-state index in [1.165, 1.54) is 0 Å². The molecule has 8 heteroatoms. The SMILES string of the molecule is CC1CCC(CCl)(NS(=O)(=O)CS(C)(=O)=O)CC1. The summed E-state index contributed by atoms with van der Waals surface area (Å²) in [5.41, 5.74) is -0.683. The highest BCUT2D eigenvalue weighted by Gasteiger charge is 2.37. The fraction of sp³-hybridized carbons (Fsp3) is 1.00. The predicted octanol–water partition coefficient (Wildman–Crippen LogP) is 1.10. The van der Waals surface area contributed by atoms with Gasteiger partial charge in [0.1, 0.15) is 0 Å². The number of nitrogens with one attached hydrogen (secondary N) is 1. The fourth-order valence-corrected chi connectivity index (χ4v) is 6.06. The number of hydrogen-bond donors (Lipinski definition) is 1. The minimum Gasteiger partial charge on any atom is -0.228 e. The number of hydrogen-bond acceptors (Lipinski definition) is 4. The quantitative estimate of drug-likeness (QED) is 0.770. The Kier molecular flexibility index (Phi) is 5.08. The molecule has 1 rings (SSSR count). The average molecular weight is 318 g/mol. The molecule has 0 amide bonds. The lowest BCUT2D eigenvalue weighted by Crippen LogP contribution is -2.53. The van der Waals surface area contributed by atoms with Crippen LogP contribution in [-0.2, 0) is 19.9 Å². The summed E-state index contributed by atoms with van der Waals surface area (Å²) in [6.45, 7) is 2.11. The second-order valence-electron chi connectivity index (χ2n) is 5.36. The predicted molar refractivity (Wildman–Crippen MR) is 72.8 cm³/mol. The van der Waals surface area contributed by atoms with Crippen molar-refractivity contribution in [2.24, 2.45) is 5.92 Å². The van der Waals surface area contributed by atoms with Crippen LogP contribution in [0.3, 0.4) is 0 Å². The Labute approximate surface area is 114 Å². The first-order valence-corrected chi connectivity index (χ1v) is 10.1. The Morgan fingerprint density at radius 1 is 1.22 bits per heavy atom. The average Bonchev–Trinajstić information content (AvgIpc) is 2.18. The van der Waals surface area contributed by atoms with Gasteiger partial charge in [-0.3, -0.25) is 0 Å². The van der Waals surface area contributed by atoms with Crippen LogP contribution in [0, 0.1) is 5.92 Å². The zero-order chi connectivity index (χ0) is 14.0. The van der Waals surface area contributed by atoms with Crippen LogP contribution in [0.5, 0.6) is 0 Å². The lowest BCUT2D eigenvalue weighted by Gasteiger charge is -2.38. The van der Waals surface area contributed by atoms with Gasteiger partial charge in [0.15, 0.2) is 14.9 Å². The van der Waals surface area contributed by atoms with Crippen LogP contribution in [-0.4, -0.2) is 39.6 Å². The van der Waals surface area contributed by atoms with Gasteiger partial charge in [-0.1, -0.05) is 6.92 Å². The molecule has 0 saturated heterocycles. The van der Waals surface area contributed by atoms with Crippen molar-refractivity contribution in [3.63, 3.8) is 0 Å². The summed E-state index contributed by atoms with van der Waals surface area (Å²) < 4.78 is 48.3. The highest BCUT2D eigenvalue weighted by Crippen LogP contribution is 2.33. The monoisotopic (exact) mass is 317 g/mol. The van der Waals surface area contributed by atoms with Crippen molar-refractivity contribution < 1.29 is 16.8 Å². The van der Waals surface area contributed by atoms with E-state index < -0.39 is 30.5 Å². The van der Waals surface area contributed by atoms with E-state index in [2.05, 4.69) is 11.6 Å². The first-order valence-electron chi connectivity index (χ1n) is 5.83. The molecular weight excluding hydrogens is 298 g/mol. The molecule has 0 aliphatic heterocycles. The maximum atomic E-state index is 11.8.